The minimum atomic E-state index is 0.0802. The third-order valence-corrected chi connectivity index (χ3v) is 10.6. The summed E-state index contributed by atoms with van der Waals surface area (Å²) in [7, 11) is 3.72. The van der Waals surface area contributed by atoms with E-state index in [9.17, 15) is 9.59 Å². The van der Waals surface area contributed by atoms with Crippen LogP contribution in [-0.2, 0) is 30.2 Å². The standard InChI is InChI=1S/C34H38N8O2/c1-21-4-6-25(36-30(43)16-33-10-22(11-33)12-33)8-27(21)32-39-40(2)20-42(32)19-24-5-7-26(9-28(24)29-18-35-41(3)38-29)37-31(44)17-34-13-23(14-34)15-34/h4-9,18,20,22-23H,10-17,19H2,1-3H3,(H-,36,37,43,44)/p+1. The SMILES string of the molecule is Cc1ccc(NC(=O)CC23CC(C2)C3)cc1-c1nn(C)c[n+]1Cc1ccc(NC(=O)CC23CC(C2)C3)cc1-c1cnn(C)n1. The van der Waals surface area contributed by atoms with E-state index in [0.29, 0.717) is 19.4 Å². The van der Waals surface area contributed by atoms with Crippen LogP contribution in [0.15, 0.2) is 48.9 Å². The lowest BCUT2D eigenvalue weighted by atomic mass is 9.43. The molecule has 10 rings (SSSR count). The molecule has 2 aromatic heterocycles. The second-order valence-corrected chi connectivity index (χ2v) is 14.3. The Labute approximate surface area is 256 Å². The van der Waals surface area contributed by atoms with Crippen LogP contribution in [0, 0.1) is 29.6 Å². The highest BCUT2D eigenvalue weighted by atomic mass is 16.2. The van der Waals surface area contributed by atoms with Gasteiger partial charge in [0.05, 0.1) is 25.4 Å². The average molecular weight is 592 g/mol. The van der Waals surface area contributed by atoms with E-state index in [1.54, 1.807) is 18.0 Å². The molecule has 2 amide bonds. The normalized spacial score (nSPS) is 25.7. The third kappa shape index (κ3) is 4.80. The van der Waals surface area contributed by atoms with E-state index in [0.717, 1.165) is 57.0 Å². The van der Waals surface area contributed by atoms with Gasteiger partial charge in [-0.25, -0.2) is 4.57 Å². The van der Waals surface area contributed by atoms with Crippen LogP contribution >= 0.6 is 0 Å². The molecule has 4 aromatic rings. The maximum absolute atomic E-state index is 12.9. The van der Waals surface area contributed by atoms with Gasteiger partial charge in [-0.05, 0) is 104 Å². The van der Waals surface area contributed by atoms with Crippen molar-refractivity contribution in [2.45, 2.75) is 64.8 Å². The lowest BCUT2D eigenvalue weighted by Gasteiger charge is -2.61. The number of hydrogen-bond donors (Lipinski definition) is 2. The number of anilines is 2. The molecule has 10 nitrogen and oxygen atoms in total. The lowest BCUT2D eigenvalue weighted by molar-refractivity contribution is -0.678. The van der Waals surface area contributed by atoms with Crippen molar-refractivity contribution in [3.8, 4) is 22.6 Å². The maximum Gasteiger partial charge on any atom is 0.309 e. The summed E-state index contributed by atoms with van der Waals surface area (Å²) in [6.07, 6.45) is 12.2. The van der Waals surface area contributed by atoms with Crippen LogP contribution in [0.2, 0.25) is 0 Å². The monoisotopic (exact) mass is 591 g/mol. The van der Waals surface area contributed by atoms with Gasteiger partial charge in [-0.1, -0.05) is 12.1 Å². The first-order valence-corrected chi connectivity index (χ1v) is 15.8. The molecule has 2 heterocycles. The largest absolute Gasteiger partial charge is 0.326 e. The Balaban J connectivity index is 1.06. The van der Waals surface area contributed by atoms with Crippen LogP contribution in [0.25, 0.3) is 22.6 Å². The number of carbonyl (C=O) groups excluding carboxylic acids is 2. The number of amides is 2. The van der Waals surface area contributed by atoms with E-state index < -0.39 is 0 Å². The Morgan fingerprint density at radius 3 is 2.00 bits per heavy atom. The molecule has 10 heteroatoms. The van der Waals surface area contributed by atoms with Crippen molar-refractivity contribution in [2.24, 2.45) is 36.8 Å². The van der Waals surface area contributed by atoms with E-state index in [4.69, 9.17) is 5.10 Å². The molecule has 6 saturated carbocycles. The highest BCUT2D eigenvalue weighted by Crippen LogP contribution is 2.67. The molecule has 0 unspecified atom stereocenters. The number of rotatable bonds is 10. The van der Waals surface area contributed by atoms with Gasteiger partial charge >= 0.3 is 5.82 Å². The molecule has 0 spiro atoms. The molecular formula is C34H39N8O2+. The first-order valence-electron chi connectivity index (χ1n) is 15.8. The van der Waals surface area contributed by atoms with Crippen LogP contribution in [0.1, 0.15) is 62.5 Å². The number of benzene rings is 2. The molecule has 0 atom stereocenters. The molecule has 4 bridgehead atoms. The van der Waals surface area contributed by atoms with Crippen LogP contribution < -0.4 is 15.2 Å². The van der Waals surface area contributed by atoms with Gasteiger partial charge < -0.3 is 10.6 Å². The molecule has 0 aliphatic heterocycles. The zero-order valence-electron chi connectivity index (χ0n) is 25.6. The average Bonchev–Trinajstić information content (AvgIpc) is 3.49. The van der Waals surface area contributed by atoms with Gasteiger partial charge in [0.25, 0.3) is 0 Å². The fourth-order valence-electron chi connectivity index (χ4n) is 8.28. The van der Waals surface area contributed by atoms with E-state index in [1.165, 1.54) is 38.5 Å². The van der Waals surface area contributed by atoms with Gasteiger partial charge in [0, 0.05) is 41.9 Å². The number of nitrogens with zero attached hydrogens (tertiary/aromatic N) is 6. The number of aryl methyl sites for hydroxylation is 3. The van der Waals surface area contributed by atoms with Crippen molar-refractivity contribution < 1.29 is 14.2 Å². The molecular weight excluding hydrogens is 552 g/mol. The zero-order chi connectivity index (χ0) is 30.2. The summed E-state index contributed by atoms with van der Waals surface area (Å²) in [6.45, 7) is 2.60. The van der Waals surface area contributed by atoms with E-state index in [-0.39, 0.29) is 22.6 Å². The van der Waals surface area contributed by atoms with Crippen molar-refractivity contribution >= 4 is 23.2 Å². The third-order valence-electron chi connectivity index (χ3n) is 10.6. The highest BCUT2D eigenvalue weighted by molar-refractivity contribution is 5.93. The van der Waals surface area contributed by atoms with Crippen LogP contribution in [0.3, 0.4) is 0 Å². The van der Waals surface area contributed by atoms with E-state index in [1.807, 2.05) is 48.4 Å². The minimum Gasteiger partial charge on any atom is -0.326 e. The number of aromatic nitrogens is 6. The highest BCUT2D eigenvalue weighted by Gasteiger charge is 2.57. The summed E-state index contributed by atoms with van der Waals surface area (Å²) in [5, 5.41) is 20.0. The second kappa shape index (κ2) is 9.84. The summed E-state index contributed by atoms with van der Waals surface area (Å²) in [5.74, 6) is 2.70. The summed E-state index contributed by atoms with van der Waals surface area (Å²) in [6, 6.07) is 12.1. The van der Waals surface area contributed by atoms with Gasteiger partial charge in [-0.3, -0.25) is 9.59 Å². The molecule has 6 fully saturated rings. The van der Waals surface area contributed by atoms with Crippen molar-refractivity contribution in [3.05, 3.63) is 60.0 Å². The Morgan fingerprint density at radius 1 is 0.864 bits per heavy atom. The number of carbonyl (C=O) groups is 2. The maximum atomic E-state index is 12.9. The van der Waals surface area contributed by atoms with E-state index >= 15 is 0 Å². The summed E-state index contributed by atoms with van der Waals surface area (Å²) in [5.41, 5.74) is 6.80. The van der Waals surface area contributed by atoms with Crippen molar-refractivity contribution in [1.29, 1.82) is 0 Å². The molecule has 2 aromatic carbocycles. The number of hydrogen-bond acceptors (Lipinski definition) is 5. The van der Waals surface area contributed by atoms with Crippen molar-refractivity contribution in [1.82, 2.24) is 24.8 Å². The van der Waals surface area contributed by atoms with Gasteiger partial charge in [-0.15, -0.1) is 4.68 Å². The Kier molecular flexibility index (Phi) is 6.09. The topological polar surface area (TPSA) is 111 Å². The molecule has 6 aliphatic carbocycles. The summed E-state index contributed by atoms with van der Waals surface area (Å²) >= 11 is 0. The van der Waals surface area contributed by atoms with E-state index in [2.05, 4.69) is 38.4 Å². The van der Waals surface area contributed by atoms with Crippen LogP contribution in [0.4, 0.5) is 11.4 Å². The first-order chi connectivity index (χ1) is 21.1. The summed E-state index contributed by atoms with van der Waals surface area (Å²) in [4.78, 5) is 27.3. The van der Waals surface area contributed by atoms with Gasteiger partial charge in [0.1, 0.15) is 5.69 Å². The quantitative estimate of drug-likeness (QED) is 0.258. The van der Waals surface area contributed by atoms with Gasteiger partial charge in [-0.2, -0.15) is 15.0 Å². The fraction of sp³-hybridized carbons (Fsp3) is 0.471. The zero-order valence-corrected chi connectivity index (χ0v) is 25.6. The molecule has 0 radical (unpaired) electrons. The summed E-state index contributed by atoms with van der Waals surface area (Å²) < 4.78 is 3.93. The minimum absolute atomic E-state index is 0.0802. The predicted octanol–water partition coefficient (Wildman–Crippen LogP) is 4.78. The second-order valence-electron chi connectivity index (χ2n) is 14.3. The Bertz CT molecular complexity index is 1790. The molecule has 226 valence electrons. The fourth-order valence-corrected chi connectivity index (χ4v) is 8.28. The van der Waals surface area contributed by atoms with Crippen LogP contribution in [0.5, 0.6) is 0 Å². The molecule has 0 saturated heterocycles. The first kappa shape index (κ1) is 27.2. The number of nitrogens with one attached hydrogen (secondary N) is 2. The molecule has 44 heavy (non-hydrogen) atoms. The lowest BCUT2D eigenvalue weighted by Crippen LogP contribution is -2.53. The van der Waals surface area contributed by atoms with Gasteiger partial charge in [0.15, 0.2) is 0 Å². The van der Waals surface area contributed by atoms with Gasteiger partial charge in [0.2, 0.25) is 18.1 Å². The Hall–Kier alpha value is -4.34. The van der Waals surface area contributed by atoms with Crippen molar-refractivity contribution in [3.63, 3.8) is 0 Å². The Morgan fingerprint density at radius 2 is 1.45 bits per heavy atom. The van der Waals surface area contributed by atoms with Crippen molar-refractivity contribution in [2.75, 3.05) is 10.6 Å². The van der Waals surface area contributed by atoms with Crippen LogP contribution in [-0.4, -0.2) is 36.6 Å². The predicted molar refractivity (Wildman–Crippen MR) is 165 cm³/mol. The smallest absolute Gasteiger partial charge is 0.309 e. The molecule has 6 aliphatic rings. The molecule has 2 N–H and O–H groups in total.